The summed E-state index contributed by atoms with van der Waals surface area (Å²) in [4.78, 5) is 9.61. The number of sulfonamides is 1. The van der Waals surface area contributed by atoms with E-state index in [1.54, 1.807) is 7.05 Å². The zero-order valence-electron chi connectivity index (χ0n) is 9.51. The number of hydrogen-bond donors (Lipinski definition) is 2. The smallest absolute Gasteiger partial charge is 0.270 e. The van der Waals surface area contributed by atoms with Crippen molar-refractivity contribution < 1.29 is 13.3 Å². The van der Waals surface area contributed by atoms with Crippen LogP contribution in [0, 0.1) is 10.1 Å². The van der Waals surface area contributed by atoms with Crippen LogP contribution in [0.2, 0.25) is 5.02 Å². The number of non-ortho nitro benzene ring substituents is 1. The van der Waals surface area contributed by atoms with Crippen LogP contribution in [-0.2, 0) is 10.0 Å². The van der Waals surface area contributed by atoms with E-state index in [1.165, 1.54) is 6.07 Å². The summed E-state index contributed by atoms with van der Waals surface area (Å²) in [6.45, 7) is 0.601. The Morgan fingerprint density at radius 2 is 2.06 bits per heavy atom. The zero-order valence-corrected chi connectivity index (χ0v) is 11.1. The molecule has 18 heavy (non-hydrogen) atoms. The van der Waals surface area contributed by atoms with Gasteiger partial charge in [0.1, 0.15) is 4.90 Å². The summed E-state index contributed by atoms with van der Waals surface area (Å²) in [5.41, 5.74) is -0.326. The van der Waals surface area contributed by atoms with Gasteiger partial charge in [-0.1, -0.05) is 11.6 Å². The molecule has 0 heterocycles. The van der Waals surface area contributed by atoms with Crippen LogP contribution in [0.1, 0.15) is 0 Å². The van der Waals surface area contributed by atoms with Crippen molar-refractivity contribution >= 4 is 27.3 Å². The fraction of sp³-hybridized carbons (Fsp3) is 0.333. The summed E-state index contributed by atoms with van der Waals surface area (Å²) in [6.07, 6.45) is 0. The maximum atomic E-state index is 11.9. The van der Waals surface area contributed by atoms with E-state index in [1.807, 2.05) is 0 Å². The molecular weight excluding hydrogens is 282 g/mol. The van der Waals surface area contributed by atoms with Crippen molar-refractivity contribution in [3.63, 3.8) is 0 Å². The fourth-order valence-corrected chi connectivity index (χ4v) is 2.75. The van der Waals surface area contributed by atoms with Gasteiger partial charge in [0.05, 0.1) is 9.95 Å². The van der Waals surface area contributed by atoms with Crippen molar-refractivity contribution in [2.75, 3.05) is 20.1 Å². The third-order valence-electron chi connectivity index (χ3n) is 2.08. The van der Waals surface area contributed by atoms with Crippen LogP contribution < -0.4 is 10.0 Å². The average molecular weight is 294 g/mol. The molecule has 7 nitrogen and oxygen atoms in total. The Balaban J connectivity index is 3.07. The summed E-state index contributed by atoms with van der Waals surface area (Å²) in [7, 11) is -2.17. The lowest BCUT2D eigenvalue weighted by molar-refractivity contribution is -0.385. The number of nitro groups is 1. The highest BCUT2D eigenvalue weighted by atomic mass is 35.5. The lowest BCUT2D eigenvalue weighted by Gasteiger charge is -2.07. The van der Waals surface area contributed by atoms with Gasteiger partial charge in [-0.05, 0) is 13.1 Å². The molecule has 0 aliphatic rings. The third-order valence-corrected chi connectivity index (χ3v) is 4.02. The minimum absolute atomic E-state index is 0.0578. The van der Waals surface area contributed by atoms with Crippen molar-refractivity contribution in [1.82, 2.24) is 10.0 Å². The van der Waals surface area contributed by atoms with Gasteiger partial charge in [0.15, 0.2) is 0 Å². The average Bonchev–Trinajstić information content (AvgIpc) is 2.29. The van der Waals surface area contributed by atoms with E-state index < -0.39 is 14.9 Å². The van der Waals surface area contributed by atoms with Gasteiger partial charge in [0.2, 0.25) is 10.0 Å². The van der Waals surface area contributed by atoms with Gasteiger partial charge in [-0.15, -0.1) is 0 Å². The van der Waals surface area contributed by atoms with Crippen molar-refractivity contribution in [2.24, 2.45) is 0 Å². The Labute approximate surface area is 109 Å². The Morgan fingerprint density at radius 1 is 1.39 bits per heavy atom. The van der Waals surface area contributed by atoms with Gasteiger partial charge in [-0.2, -0.15) is 0 Å². The molecule has 100 valence electrons. The van der Waals surface area contributed by atoms with Crippen LogP contribution in [0.25, 0.3) is 0 Å². The van der Waals surface area contributed by atoms with Gasteiger partial charge in [0, 0.05) is 25.2 Å². The maximum absolute atomic E-state index is 11.9. The van der Waals surface area contributed by atoms with Gasteiger partial charge in [-0.25, -0.2) is 13.1 Å². The molecule has 1 aromatic carbocycles. The van der Waals surface area contributed by atoms with Gasteiger partial charge in [0.25, 0.3) is 5.69 Å². The van der Waals surface area contributed by atoms with Gasteiger partial charge < -0.3 is 5.32 Å². The van der Waals surface area contributed by atoms with Crippen LogP contribution in [0.15, 0.2) is 23.1 Å². The monoisotopic (exact) mass is 293 g/mol. The highest BCUT2D eigenvalue weighted by Crippen LogP contribution is 2.25. The molecule has 0 aliphatic carbocycles. The first-order valence-corrected chi connectivity index (χ1v) is 6.83. The zero-order chi connectivity index (χ0) is 13.8. The molecule has 0 radical (unpaired) electrons. The largest absolute Gasteiger partial charge is 0.318 e. The quantitative estimate of drug-likeness (QED) is 0.458. The van der Waals surface area contributed by atoms with E-state index in [2.05, 4.69) is 10.0 Å². The number of nitrogens with one attached hydrogen (secondary N) is 2. The molecule has 1 aromatic rings. The summed E-state index contributed by atoms with van der Waals surface area (Å²) >= 11 is 5.74. The summed E-state index contributed by atoms with van der Waals surface area (Å²) < 4.78 is 26.0. The van der Waals surface area contributed by atoms with E-state index in [9.17, 15) is 18.5 Å². The van der Waals surface area contributed by atoms with E-state index in [4.69, 9.17) is 11.6 Å². The number of hydrogen-bond acceptors (Lipinski definition) is 5. The molecule has 2 N–H and O–H groups in total. The molecule has 0 saturated heterocycles. The molecule has 0 fully saturated rings. The molecule has 0 atom stereocenters. The second-order valence-electron chi connectivity index (χ2n) is 3.37. The maximum Gasteiger partial charge on any atom is 0.270 e. The lowest BCUT2D eigenvalue weighted by Crippen LogP contribution is -2.30. The van der Waals surface area contributed by atoms with Crippen LogP contribution in [0.5, 0.6) is 0 Å². The van der Waals surface area contributed by atoms with Crippen LogP contribution in [-0.4, -0.2) is 33.5 Å². The van der Waals surface area contributed by atoms with E-state index in [-0.39, 0.29) is 22.2 Å². The first-order chi connectivity index (χ1) is 8.38. The summed E-state index contributed by atoms with van der Waals surface area (Å²) in [6, 6.07) is 3.27. The molecule has 1 rings (SSSR count). The molecule has 9 heteroatoms. The van der Waals surface area contributed by atoms with Crippen molar-refractivity contribution in [3.8, 4) is 0 Å². The predicted molar refractivity (Wildman–Crippen MR) is 67.2 cm³/mol. The molecular formula is C9H12ClN3O4S. The Morgan fingerprint density at radius 3 is 2.61 bits per heavy atom. The van der Waals surface area contributed by atoms with Crippen molar-refractivity contribution in [1.29, 1.82) is 0 Å². The molecule has 0 amide bonds. The second-order valence-corrected chi connectivity index (χ2v) is 5.52. The molecule has 0 spiro atoms. The minimum Gasteiger partial charge on any atom is -0.318 e. The topological polar surface area (TPSA) is 101 Å². The number of nitro benzene ring substituents is 1. The SMILES string of the molecule is CNCCNS(=O)(=O)c1cc([N+](=O)[O-])ccc1Cl. The Kier molecular flexibility index (Phi) is 5.03. The van der Waals surface area contributed by atoms with E-state index in [0.717, 1.165) is 12.1 Å². The third kappa shape index (κ3) is 3.64. The predicted octanol–water partition coefficient (Wildman–Crippen LogP) is 0.746. The second kappa shape index (κ2) is 6.10. The fourth-order valence-electron chi connectivity index (χ4n) is 1.20. The van der Waals surface area contributed by atoms with E-state index in [0.29, 0.717) is 6.54 Å². The Hall–Kier alpha value is -1.22. The lowest BCUT2D eigenvalue weighted by atomic mass is 10.3. The molecule has 0 unspecified atom stereocenters. The number of halogens is 1. The summed E-state index contributed by atoms with van der Waals surface area (Å²) in [5, 5.41) is 13.3. The van der Waals surface area contributed by atoms with Crippen LogP contribution in [0.4, 0.5) is 5.69 Å². The van der Waals surface area contributed by atoms with Gasteiger partial charge >= 0.3 is 0 Å². The first-order valence-electron chi connectivity index (χ1n) is 4.96. The van der Waals surface area contributed by atoms with Crippen LogP contribution >= 0.6 is 11.6 Å². The highest BCUT2D eigenvalue weighted by molar-refractivity contribution is 7.89. The standard InChI is InChI=1S/C9H12ClN3O4S/c1-11-4-5-12-18(16,17)9-6-7(13(14)15)2-3-8(9)10/h2-3,6,11-12H,4-5H2,1H3. The summed E-state index contributed by atoms with van der Waals surface area (Å²) in [5.74, 6) is 0. The van der Waals surface area contributed by atoms with Crippen LogP contribution in [0.3, 0.4) is 0 Å². The number of rotatable bonds is 6. The van der Waals surface area contributed by atoms with Gasteiger partial charge in [-0.3, -0.25) is 10.1 Å². The molecule has 0 saturated carbocycles. The number of benzene rings is 1. The molecule has 0 bridgehead atoms. The number of nitrogens with zero attached hydrogens (tertiary/aromatic N) is 1. The minimum atomic E-state index is -3.85. The van der Waals surface area contributed by atoms with Crippen molar-refractivity contribution in [2.45, 2.75) is 4.90 Å². The number of likely N-dealkylation sites (N-methyl/N-ethyl adjacent to an activating group) is 1. The van der Waals surface area contributed by atoms with Crippen molar-refractivity contribution in [3.05, 3.63) is 33.3 Å². The molecule has 0 aliphatic heterocycles. The highest BCUT2D eigenvalue weighted by Gasteiger charge is 2.20. The molecule has 0 aromatic heterocycles. The first kappa shape index (κ1) is 14.8. The Bertz CT molecular complexity index is 547. The normalized spacial score (nSPS) is 11.4. The van der Waals surface area contributed by atoms with E-state index >= 15 is 0 Å².